The Hall–Kier alpha value is -0.390. The SMILES string of the molecule is CNC(c1cc(Br)cs1)C(C(=O)O)C(C)C. The van der Waals surface area contributed by atoms with Gasteiger partial charge in [0.15, 0.2) is 0 Å². The first kappa shape index (κ1) is 13.7. The van der Waals surface area contributed by atoms with E-state index in [0.29, 0.717) is 0 Å². The lowest BCUT2D eigenvalue weighted by atomic mass is 9.87. The molecule has 0 aliphatic heterocycles. The van der Waals surface area contributed by atoms with Crippen LogP contribution in [0, 0.1) is 11.8 Å². The van der Waals surface area contributed by atoms with Crippen LogP contribution in [0.2, 0.25) is 0 Å². The largest absolute Gasteiger partial charge is 0.481 e. The van der Waals surface area contributed by atoms with Crippen molar-refractivity contribution in [3.05, 3.63) is 20.8 Å². The van der Waals surface area contributed by atoms with Crippen LogP contribution < -0.4 is 5.32 Å². The third-order valence-corrected chi connectivity index (χ3v) is 4.34. The quantitative estimate of drug-likeness (QED) is 0.878. The molecule has 0 aliphatic carbocycles. The predicted octanol–water partition coefficient (Wildman–Crippen LogP) is 3.13. The number of hydrogen-bond donors (Lipinski definition) is 2. The zero-order valence-electron chi connectivity index (χ0n) is 9.53. The summed E-state index contributed by atoms with van der Waals surface area (Å²) in [6, 6.07) is 1.85. The molecule has 5 heteroatoms. The van der Waals surface area contributed by atoms with Gasteiger partial charge in [0, 0.05) is 14.7 Å². The number of carboxylic acid groups (broad SMARTS) is 1. The van der Waals surface area contributed by atoms with E-state index in [0.717, 1.165) is 9.35 Å². The first-order chi connectivity index (χ1) is 7.47. The molecule has 3 nitrogen and oxygen atoms in total. The summed E-state index contributed by atoms with van der Waals surface area (Å²) >= 11 is 4.96. The maximum Gasteiger partial charge on any atom is 0.308 e. The molecule has 1 aromatic rings. The van der Waals surface area contributed by atoms with Gasteiger partial charge in [-0.2, -0.15) is 0 Å². The summed E-state index contributed by atoms with van der Waals surface area (Å²) < 4.78 is 1.00. The average molecular weight is 306 g/mol. The molecule has 0 radical (unpaired) electrons. The molecule has 1 heterocycles. The van der Waals surface area contributed by atoms with Crippen LogP contribution >= 0.6 is 27.3 Å². The Morgan fingerprint density at radius 2 is 2.19 bits per heavy atom. The van der Waals surface area contributed by atoms with Crippen molar-refractivity contribution in [2.45, 2.75) is 19.9 Å². The van der Waals surface area contributed by atoms with Crippen molar-refractivity contribution in [2.24, 2.45) is 11.8 Å². The summed E-state index contributed by atoms with van der Waals surface area (Å²) in [7, 11) is 1.80. The summed E-state index contributed by atoms with van der Waals surface area (Å²) in [5.74, 6) is -1.06. The molecule has 0 fully saturated rings. The molecule has 90 valence electrons. The highest BCUT2D eigenvalue weighted by atomic mass is 79.9. The van der Waals surface area contributed by atoms with Crippen molar-refractivity contribution < 1.29 is 9.90 Å². The Morgan fingerprint density at radius 1 is 1.56 bits per heavy atom. The fourth-order valence-corrected chi connectivity index (χ4v) is 3.40. The number of carboxylic acids is 1. The van der Waals surface area contributed by atoms with Crippen molar-refractivity contribution in [1.29, 1.82) is 0 Å². The van der Waals surface area contributed by atoms with Crippen molar-refractivity contribution in [2.75, 3.05) is 7.05 Å². The third kappa shape index (κ3) is 3.06. The van der Waals surface area contributed by atoms with E-state index >= 15 is 0 Å². The van der Waals surface area contributed by atoms with Crippen molar-refractivity contribution in [3.8, 4) is 0 Å². The highest BCUT2D eigenvalue weighted by Crippen LogP contribution is 2.33. The second-order valence-corrected chi connectivity index (χ2v) is 5.90. The van der Waals surface area contributed by atoms with E-state index in [4.69, 9.17) is 0 Å². The molecule has 1 aromatic heterocycles. The topological polar surface area (TPSA) is 49.3 Å². The lowest BCUT2D eigenvalue weighted by Crippen LogP contribution is -2.33. The molecule has 2 unspecified atom stereocenters. The van der Waals surface area contributed by atoms with Crippen LogP contribution in [0.25, 0.3) is 0 Å². The summed E-state index contributed by atoms with van der Waals surface area (Å²) in [6.07, 6.45) is 0. The monoisotopic (exact) mass is 305 g/mol. The molecule has 0 aliphatic rings. The summed E-state index contributed by atoms with van der Waals surface area (Å²) in [6.45, 7) is 3.87. The minimum Gasteiger partial charge on any atom is -0.481 e. The minimum atomic E-state index is -0.751. The Kier molecular flexibility index (Phi) is 4.95. The number of rotatable bonds is 5. The predicted molar refractivity (Wildman–Crippen MR) is 69.8 cm³/mol. The molecule has 0 spiro atoms. The molecule has 16 heavy (non-hydrogen) atoms. The van der Waals surface area contributed by atoms with E-state index in [1.807, 2.05) is 25.3 Å². The second-order valence-electron chi connectivity index (χ2n) is 4.04. The van der Waals surface area contributed by atoms with E-state index in [2.05, 4.69) is 21.2 Å². The maximum atomic E-state index is 11.3. The molecule has 2 N–H and O–H groups in total. The Morgan fingerprint density at radius 3 is 2.50 bits per heavy atom. The van der Waals surface area contributed by atoms with Gasteiger partial charge in [-0.1, -0.05) is 13.8 Å². The number of hydrogen-bond acceptors (Lipinski definition) is 3. The van der Waals surface area contributed by atoms with Gasteiger partial charge < -0.3 is 10.4 Å². The number of thiophene rings is 1. The van der Waals surface area contributed by atoms with Gasteiger partial charge in [0.1, 0.15) is 0 Å². The Bertz CT molecular complexity index is 365. The van der Waals surface area contributed by atoms with E-state index in [1.165, 1.54) is 0 Å². The van der Waals surface area contributed by atoms with Crippen LogP contribution in [-0.2, 0) is 4.79 Å². The maximum absolute atomic E-state index is 11.3. The fraction of sp³-hybridized carbons (Fsp3) is 0.545. The summed E-state index contributed by atoms with van der Waals surface area (Å²) in [5, 5.41) is 14.3. The van der Waals surface area contributed by atoms with Gasteiger partial charge in [-0.05, 0) is 35.0 Å². The van der Waals surface area contributed by atoms with Crippen molar-refractivity contribution >= 4 is 33.2 Å². The van der Waals surface area contributed by atoms with Gasteiger partial charge >= 0.3 is 5.97 Å². The van der Waals surface area contributed by atoms with Crippen LogP contribution in [0.4, 0.5) is 0 Å². The molecule has 0 aromatic carbocycles. The van der Waals surface area contributed by atoms with Crippen LogP contribution in [0.3, 0.4) is 0 Å². The molecule has 2 atom stereocenters. The second kappa shape index (κ2) is 5.80. The average Bonchev–Trinajstić information content (AvgIpc) is 2.59. The summed E-state index contributed by atoms with van der Waals surface area (Å²) in [5.41, 5.74) is 0. The first-order valence-electron chi connectivity index (χ1n) is 5.11. The molecule has 0 amide bonds. The van der Waals surface area contributed by atoms with Gasteiger partial charge in [-0.15, -0.1) is 11.3 Å². The van der Waals surface area contributed by atoms with Crippen molar-refractivity contribution in [3.63, 3.8) is 0 Å². The van der Waals surface area contributed by atoms with Gasteiger partial charge in [0.2, 0.25) is 0 Å². The molecule has 0 saturated carbocycles. The highest BCUT2D eigenvalue weighted by molar-refractivity contribution is 9.10. The van der Waals surface area contributed by atoms with E-state index in [1.54, 1.807) is 18.4 Å². The highest BCUT2D eigenvalue weighted by Gasteiger charge is 2.31. The zero-order chi connectivity index (χ0) is 12.3. The van der Waals surface area contributed by atoms with Gasteiger partial charge in [-0.25, -0.2) is 0 Å². The smallest absolute Gasteiger partial charge is 0.308 e. The zero-order valence-corrected chi connectivity index (χ0v) is 11.9. The number of nitrogens with one attached hydrogen (secondary N) is 1. The lowest BCUT2D eigenvalue weighted by Gasteiger charge is -2.25. The van der Waals surface area contributed by atoms with E-state index < -0.39 is 11.9 Å². The van der Waals surface area contributed by atoms with Crippen molar-refractivity contribution in [1.82, 2.24) is 5.32 Å². The van der Waals surface area contributed by atoms with Gasteiger partial charge in [0.25, 0.3) is 0 Å². The van der Waals surface area contributed by atoms with Crippen LogP contribution in [0.15, 0.2) is 15.9 Å². The molecule has 1 rings (SSSR count). The van der Waals surface area contributed by atoms with E-state index in [9.17, 15) is 9.90 Å². The van der Waals surface area contributed by atoms with Gasteiger partial charge in [-0.3, -0.25) is 4.79 Å². The number of halogens is 1. The standard InChI is InChI=1S/C11H16BrNO2S/c1-6(2)9(11(14)15)10(13-3)8-4-7(12)5-16-8/h4-6,9-10,13H,1-3H3,(H,14,15). The lowest BCUT2D eigenvalue weighted by molar-refractivity contribution is -0.144. The van der Waals surface area contributed by atoms with Crippen LogP contribution in [-0.4, -0.2) is 18.1 Å². The Balaban J connectivity index is 3.00. The molecule has 0 bridgehead atoms. The first-order valence-corrected chi connectivity index (χ1v) is 6.78. The third-order valence-electron chi connectivity index (χ3n) is 2.57. The fourth-order valence-electron chi connectivity index (χ4n) is 1.80. The normalized spacial score (nSPS) is 15.1. The Labute approximate surface area is 108 Å². The number of aliphatic carboxylic acids is 1. The number of carbonyl (C=O) groups is 1. The van der Waals surface area contributed by atoms with Gasteiger partial charge in [0.05, 0.1) is 12.0 Å². The van der Waals surface area contributed by atoms with E-state index in [-0.39, 0.29) is 12.0 Å². The summed E-state index contributed by atoms with van der Waals surface area (Å²) in [4.78, 5) is 12.3. The van der Waals surface area contributed by atoms with Crippen LogP contribution in [0.5, 0.6) is 0 Å². The van der Waals surface area contributed by atoms with Crippen LogP contribution in [0.1, 0.15) is 24.8 Å². The minimum absolute atomic E-state index is 0.0934. The molecular weight excluding hydrogens is 290 g/mol. The molecule has 0 saturated heterocycles. The molecular formula is C11H16BrNO2S.